The minimum absolute atomic E-state index is 0.0779. The van der Waals surface area contributed by atoms with Gasteiger partial charge in [-0.05, 0) is 43.4 Å². The molecule has 114 valence electrons. The number of hydrogen-bond acceptors (Lipinski definition) is 2. The standard InChI is InChI=1S/C18H31NO/c1-7-18(8-2,20-6)17(19-5)13-15-9-11-16(12-10-15)14(3)4/h9-12,14,17,19H,7-8,13H2,1-6H3. The third-order valence-corrected chi connectivity index (χ3v) is 4.67. The first-order chi connectivity index (χ1) is 9.52. The zero-order valence-electron chi connectivity index (χ0n) is 14.0. The molecule has 0 bridgehead atoms. The molecule has 1 atom stereocenters. The van der Waals surface area contributed by atoms with Crippen LogP contribution in [0, 0.1) is 0 Å². The predicted molar refractivity (Wildman–Crippen MR) is 87.4 cm³/mol. The van der Waals surface area contributed by atoms with E-state index in [2.05, 4.69) is 57.3 Å². The number of methoxy groups -OCH3 is 1. The second-order valence-corrected chi connectivity index (χ2v) is 5.92. The van der Waals surface area contributed by atoms with Gasteiger partial charge in [0.25, 0.3) is 0 Å². The van der Waals surface area contributed by atoms with E-state index in [1.165, 1.54) is 11.1 Å². The second kappa shape index (κ2) is 7.80. The summed E-state index contributed by atoms with van der Waals surface area (Å²) < 4.78 is 5.86. The van der Waals surface area contributed by atoms with E-state index >= 15 is 0 Å². The highest BCUT2D eigenvalue weighted by molar-refractivity contribution is 5.25. The van der Waals surface area contributed by atoms with Gasteiger partial charge in [0, 0.05) is 13.2 Å². The van der Waals surface area contributed by atoms with Gasteiger partial charge in [-0.3, -0.25) is 0 Å². The highest BCUT2D eigenvalue weighted by Crippen LogP contribution is 2.27. The van der Waals surface area contributed by atoms with Gasteiger partial charge in [-0.25, -0.2) is 0 Å². The molecule has 20 heavy (non-hydrogen) atoms. The summed E-state index contributed by atoms with van der Waals surface area (Å²) in [6, 6.07) is 9.35. The molecule has 0 heterocycles. The molecule has 2 nitrogen and oxygen atoms in total. The lowest BCUT2D eigenvalue weighted by atomic mass is 9.84. The van der Waals surface area contributed by atoms with Crippen LogP contribution in [0.1, 0.15) is 57.6 Å². The summed E-state index contributed by atoms with van der Waals surface area (Å²) in [4.78, 5) is 0. The van der Waals surface area contributed by atoms with Gasteiger partial charge >= 0.3 is 0 Å². The van der Waals surface area contributed by atoms with Crippen LogP contribution in [0.25, 0.3) is 0 Å². The Kier molecular flexibility index (Phi) is 6.70. The monoisotopic (exact) mass is 277 g/mol. The number of ether oxygens (including phenoxy) is 1. The Morgan fingerprint density at radius 3 is 2.00 bits per heavy atom. The first-order valence-electron chi connectivity index (χ1n) is 7.84. The van der Waals surface area contributed by atoms with Crippen molar-refractivity contribution in [2.75, 3.05) is 14.2 Å². The number of likely N-dealkylation sites (N-methyl/N-ethyl adjacent to an activating group) is 1. The average Bonchev–Trinajstić information content (AvgIpc) is 2.48. The normalized spacial score (nSPS) is 13.8. The van der Waals surface area contributed by atoms with E-state index in [1.54, 1.807) is 0 Å². The van der Waals surface area contributed by atoms with Gasteiger partial charge < -0.3 is 10.1 Å². The Bertz CT molecular complexity index is 371. The quantitative estimate of drug-likeness (QED) is 0.771. The number of benzene rings is 1. The number of hydrogen-bond donors (Lipinski definition) is 1. The molecule has 0 aliphatic rings. The maximum atomic E-state index is 5.86. The zero-order valence-corrected chi connectivity index (χ0v) is 14.0. The Balaban J connectivity index is 2.87. The van der Waals surface area contributed by atoms with Gasteiger partial charge in [0.1, 0.15) is 0 Å². The van der Waals surface area contributed by atoms with E-state index in [4.69, 9.17) is 4.74 Å². The Labute approximate surface area is 124 Å². The molecule has 2 heteroatoms. The SMILES string of the molecule is CCC(CC)(OC)C(Cc1ccc(C(C)C)cc1)NC. The van der Waals surface area contributed by atoms with Crippen LogP contribution >= 0.6 is 0 Å². The van der Waals surface area contributed by atoms with Crippen molar-refractivity contribution in [3.8, 4) is 0 Å². The molecule has 0 aliphatic heterocycles. The lowest BCUT2D eigenvalue weighted by molar-refractivity contribution is -0.0454. The number of rotatable bonds is 8. The first kappa shape index (κ1) is 17.2. The Hall–Kier alpha value is -0.860. The average molecular weight is 277 g/mol. The molecule has 1 N–H and O–H groups in total. The lowest BCUT2D eigenvalue weighted by Crippen LogP contribution is -2.51. The fraction of sp³-hybridized carbons (Fsp3) is 0.667. The molecule has 1 aromatic carbocycles. The van der Waals surface area contributed by atoms with Crippen LogP contribution in [0.2, 0.25) is 0 Å². The van der Waals surface area contributed by atoms with Crippen LogP contribution in [0.15, 0.2) is 24.3 Å². The van der Waals surface area contributed by atoms with E-state index in [-0.39, 0.29) is 5.60 Å². The highest BCUT2D eigenvalue weighted by atomic mass is 16.5. The molecule has 0 fully saturated rings. The molecule has 1 unspecified atom stereocenters. The fourth-order valence-corrected chi connectivity index (χ4v) is 3.00. The molecular weight excluding hydrogens is 246 g/mol. The molecule has 1 aromatic rings. The van der Waals surface area contributed by atoms with Crippen molar-refractivity contribution >= 4 is 0 Å². The van der Waals surface area contributed by atoms with E-state index < -0.39 is 0 Å². The molecule has 0 saturated heterocycles. The van der Waals surface area contributed by atoms with Crippen LogP contribution < -0.4 is 5.32 Å². The smallest absolute Gasteiger partial charge is 0.0828 e. The maximum absolute atomic E-state index is 5.86. The predicted octanol–water partition coefficient (Wildman–Crippen LogP) is 4.15. The summed E-state index contributed by atoms with van der Waals surface area (Å²) in [6.07, 6.45) is 3.05. The van der Waals surface area contributed by atoms with Crippen LogP contribution in [0.4, 0.5) is 0 Å². The van der Waals surface area contributed by atoms with Crippen LogP contribution in [0.5, 0.6) is 0 Å². The minimum Gasteiger partial charge on any atom is -0.377 e. The van der Waals surface area contributed by atoms with Gasteiger partial charge in [0.15, 0.2) is 0 Å². The largest absolute Gasteiger partial charge is 0.377 e. The lowest BCUT2D eigenvalue weighted by Gasteiger charge is -2.38. The van der Waals surface area contributed by atoms with Gasteiger partial charge in [-0.2, -0.15) is 0 Å². The molecule has 0 aliphatic carbocycles. The van der Waals surface area contributed by atoms with Crippen LogP contribution in [-0.4, -0.2) is 25.8 Å². The van der Waals surface area contributed by atoms with Gasteiger partial charge in [-0.15, -0.1) is 0 Å². The fourth-order valence-electron chi connectivity index (χ4n) is 3.00. The van der Waals surface area contributed by atoms with Crippen molar-refractivity contribution in [2.24, 2.45) is 0 Å². The molecule has 0 aromatic heterocycles. The molecule has 1 rings (SSSR count). The van der Waals surface area contributed by atoms with Crippen LogP contribution in [0.3, 0.4) is 0 Å². The van der Waals surface area contributed by atoms with Gasteiger partial charge in [0.2, 0.25) is 0 Å². The molecular formula is C18H31NO. The van der Waals surface area contributed by atoms with Crippen LogP contribution in [-0.2, 0) is 11.2 Å². The highest BCUT2D eigenvalue weighted by Gasteiger charge is 2.34. The van der Waals surface area contributed by atoms with Crippen molar-refractivity contribution in [3.05, 3.63) is 35.4 Å². The summed E-state index contributed by atoms with van der Waals surface area (Å²) in [6.45, 7) is 8.88. The minimum atomic E-state index is -0.0779. The number of nitrogens with one attached hydrogen (secondary N) is 1. The summed E-state index contributed by atoms with van der Waals surface area (Å²) >= 11 is 0. The third kappa shape index (κ3) is 3.83. The molecule has 0 amide bonds. The van der Waals surface area contributed by atoms with Crippen molar-refractivity contribution in [3.63, 3.8) is 0 Å². The van der Waals surface area contributed by atoms with E-state index in [1.807, 2.05) is 14.2 Å². The van der Waals surface area contributed by atoms with E-state index in [0.717, 1.165) is 19.3 Å². The third-order valence-electron chi connectivity index (χ3n) is 4.67. The maximum Gasteiger partial charge on any atom is 0.0828 e. The van der Waals surface area contributed by atoms with Crippen molar-refractivity contribution in [2.45, 2.75) is 64.5 Å². The Morgan fingerprint density at radius 1 is 1.10 bits per heavy atom. The molecule has 0 spiro atoms. The summed E-state index contributed by atoms with van der Waals surface area (Å²) in [5.74, 6) is 0.591. The molecule has 0 saturated carbocycles. The zero-order chi connectivity index (χ0) is 15.2. The Morgan fingerprint density at radius 2 is 1.65 bits per heavy atom. The summed E-state index contributed by atoms with van der Waals surface area (Å²) in [5.41, 5.74) is 2.70. The van der Waals surface area contributed by atoms with Crippen molar-refractivity contribution < 1.29 is 4.74 Å². The molecule has 0 radical (unpaired) electrons. The topological polar surface area (TPSA) is 21.3 Å². The van der Waals surface area contributed by atoms with E-state index in [9.17, 15) is 0 Å². The van der Waals surface area contributed by atoms with Gasteiger partial charge in [0.05, 0.1) is 5.60 Å². The van der Waals surface area contributed by atoms with Crippen molar-refractivity contribution in [1.29, 1.82) is 0 Å². The van der Waals surface area contributed by atoms with E-state index in [0.29, 0.717) is 12.0 Å². The van der Waals surface area contributed by atoms with Gasteiger partial charge in [-0.1, -0.05) is 52.0 Å². The second-order valence-electron chi connectivity index (χ2n) is 5.92. The summed E-state index contributed by atoms with van der Waals surface area (Å²) in [5, 5.41) is 3.46. The van der Waals surface area contributed by atoms with Crippen molar-refractivity contribution in [1.82, 2.24) is 5.32 Å². The first-order valence-corrected chi connectivity index (χ1v) is 7.84. The summed E-state index contributed by atoms with van der Waals surface area (Å²) in [7, 11) is 3.87.